The van der Waals surface area contributed by atoms with Crippen molar-refractivity contribution in [2.45, 2.75) is 6.42 Å². The van der Waals surface area contributed by atoms with Crippen molar-refractivity contribution in [3.05, 3.63) is 23.8 Å². The Labute approximate surface area is 122 Å². The average molecular weight is 297 g/mol. The highest BCUT2D eigenvalue weighted by molar-refractivity contribution is 5.79. The summed E-state index contributed by atoms with van der Waals surface area (Å²) in [5, 5.41) is 11.0. The fourth-order valence-electron chi connectivity index (χ4n) is 1.66. The van der Waals surface area contributed by atoms with Gasteiger partial charge in [0.05, 0.1) is 27.2 Å². The van der Waals surface area contributed by atoms with E-state index in [0.717, 1.165) is 5.56 Å². The van der Waals surface area contributed by atoms with Crippen LogP contribution in [0.4, 0.5) is 0 Å². The second-order valence-corrected chi connectivity index (χ2v) is 4.15. The van der Waals surface area contributed by atoms with E-state index in [2.05, 4.69) is 5.32 Å². The van der Waals surface area contributed by atoms with Crippen LogP contribution in [0.3, 0.4) is 0 Å². The van der Waals surface area contributed by atoms with Gasteiger partial charge in [0.25, 0.3) is 0 Å². The first-order valence-electron chi connectivity index (χ1n) is 6.34. The molecule has 116 valence electrons. The van der Waals surface area contributed by atoms with Crippen LogP contribution in [0.1, 0.15) is 5.56 Å². The molecule has 0 aliphatic rings. The van der Waals surface area contributed by atoms with Crippen molar-refractivity contribution in [1.29, 1.82) is 0 Å². The molecule has 0 spiro atoms. The second kappa shape index (κ2) is 8.80. The van der Waals surface area contributed by atoms with Gasteiger partial charge in [0.15, 0.2) is 0 Å². The summed E-state index contributed by atoms with van der Waals surface area (Å²) in [6.07, 6.45) is 0.159. The molecule has 1 aromatic carbocycles. The lowest BCUT2D eigenvalue weighted by Gasteiger charge is -2.10. The minimum Gasteiger partial charge on any atom is -0.497 e. The van der Waals surface area contributed by atoms with Crippen LogP contribution in [-0.4, -0.2) is 51.0 Å². The van der Waals surface area contributed by atoms with Crippen molar-refractivity contribution in [1.82, 2.24) is 5.32 Å². The van der Waals surface area contributed by atoms with E-state index in [9.17, 15) is 9.59 Å². The normalized spacial score (nSPS) is 10.0. The molecule has 0 atom stereocenters. The maximum atomic E-state index is 11.8. The highest BCUT2D eigenvalue weighted by Crippen LogP contribution is 2.24. The number of carboxylic acids is 1. The Morgan fingerprint density at radius 1 is 1.24 bits per heavy atom. The first kappa shape index (κ1) is 16.8. The average Bonchev–Trinajstić information content (AvgIpc) is 2.47. The number of carbonyl (C=O) groups is 2. The first-order chi connectivity index (χ1) is 10.1. The van der Waals surface area contributed by atoms with Gasteiger partial charge >= 0.3 is 5.97 Å². The first-order valence-corrected chi connectivity index (χ1v) is 6.34. The Balaban J connectivity index is 2.42. The van der Waals surface area contributed by atoms with Crippen LogP contribution >= 0.6 is 0 Å². The molecule has 1 rings (SSSR count). The number of rotatable bonds is 9. The largest absolute Gasteiger partial charge is 0.497 e. The van der Waals surface area contributed by atoms with E-state index in [4.69, 9.17) is 19.3 Å². The molecule has 0 fully saturated rings. The number of hydrogen-bond donors (Lipinski definition) is 2. The lowest BCUT2D eigenvalue weighted by Crippen LogP contribution is -2.29. The molecule has 0 aliphatic heterocycles. The number of aliphatic carboxylic acids is 1. The quantitative estimate of drug-likeness (QED) is 0.643. The molecule has 0 saturated carbocycles. The van der Waals surface area contributed by atoms with Gasteiger partial charge in [-0.15, -0.1) is 0 Å². The third-order valence-corrected chi connectivity index (χ3v) is 2.64. The van der Waals surface area contributed by atoms with E-state index in [1.807, 2.05) is 0 Å². The highest BCUT2D eigenvalue weighted by atomic mass is 16.5. The Bertz CT molecular complexity index is 488. The zero-order chi connectivity index (χ0) is 15.7. The summed E-state index contributed by atoms with van der Waals surface area (Å²) in [5.74, 6) is -0.00797. The zero-order valence-corrected chi connectivity index (χ0v) is 12.0. The zero-order valence-electron chi connectivity index (χ0n) is 12.0. The monoisotopic (exact) mass is 297 g/mol. The van der Waals surface area contributed by atoms with Crippen molar-refractivity contribution in [3.8, 4) is 11.5 Å². The predicted molar refractivity (Wildman–Crippen MR) is 74.7 cm³/mol. The molecular weight excluding hydrogens is 278 g/mol. The second-order valence-electron chi connectivity index (χ2n) is 4.15. The predicted octanol–water partition coefficient (Wildman–Crippen LogP) is 0.464. The number of methoxy groups -OCH3 is 2. The molecular formula is C14H19NO6. The molecule has 21 heavy (non-hydrogen) atoms. The molecule has 0 radical (unpaired) electrons. The lowest BCUT2D eigenvalue weighted by atomic mass is 10.1. The number of benzene rings is 1. The van der Waals surface area contributed by atoms with Crippen LogP contribution in [0, 0.1) is 0 Å². The Morgan fingerprint density at radius 3 is 2.62 bits per heavy atom. The Hall–Kier alpha value is -2.28. The number of amides is 1. The molecule has 0 aliphatic carbocycles. The summed E-state index contributed by atoms with van der Waals surface area (Å²) >= 11 is 0. The maximum absolute atomic E-state index is 11.8. The van der Waals surface area contributed by atoms with Crippen molar-refractivity contribution in [3.63, 3.8) is 0 Å². The van der Waals surface area contributed by atoms with E-state index in [-0.39, 0.29) is 32.1 Å². The number of nitrogens with one attached hydrogen (secondary N) is 1. The van der Waals surface area contributed by atoms with E-state index in [1.54, 1.807) is 25.3 Å². The van der Waals surface area contributed by atoms with Gasteiger partial charge in [-0.1, -0.05) is 6.07 Å². The van der Waals surface area contributed by atoms with Crippen molar-refractivity contribution in [2.75, 3.05) is 34.0 Å². The van der Waals surface area contributed by atoms with Gasteiger partial charge in [-0.25, -0.2) is 4.79 Å². The summed E-state index contributed by atoms with van der Waals surface area (Å²) in [4.78, 5) is 22.0. The molecule has 0 heterocycles. The minimum atomic E-state index is -1.04. The van der Waals surface area contributed by atoms with Crippen LogP contribution in [0.5, 0.6) is 11.5 Å². The van der Waals surface area contributed by atoms with Crippen molar-refractivity contribution >= 4 is 11.9 Å². The Morgan fingerprint density at radius 2 is 2.00 bits per heavy atom. The van der Waals surface area contributed by atoms with Crippen molar-refractivity contribution in [2.24, 2.45) is 0 Å². The van der Waals surface area contributed by atoms with Crippen LogP contribution in [0.2, 0.25) is 0 Å². The summed E-state index contributed by atoms with van der Waals surface area (Å²) in [6.45, 7) is 0.0323. The summed E-state index contributed by atoms with van der Waals surface area (Å²) in [5.41, 5.74) is 0.738. The van der Waals surface area contributed by atoms with Crippen LogP contribution in [0.15, 0.2) is 18.2 Å². The Kier molecular flexibility index (Phi) is 7.03. The van der Waals surface area contributed by atoms with Gasteiger partial charge in [0, 0.05) is 18.2 Å². The number of ether oxygens (including phenoxy) is 3. The van der Waals surface area contributed by atoms with Gasteiger partial charge < -0.3 is 24.6 Å². The highest BCUT2D eigenvalue weighted by Gasteiger charge is 2.09. The number of hydrogen-bond acceptors (Lipinski definition) is 5. The van der Waals surface area contributed by atoms with Crippen LogP contribution < -0.4 is 14.8 Å². The summed E-state index contributed by atoms with van der Waals surface area (Å²) in [6, 6.07) is 5.22. The van der Waals surface area contributed by atoms with Gasteiger partial charge in [-0.2, -0.15) is 0 Å². The van der Waals surface area contributed by atoms with Gasteiger partial charge in [0.1, 0.15) is 18.1 Å². The molecule has 1 aromatic rings. The fraction of sp³-hybridized carbons (Fsp3) is 0.429. The molecule has 7 heteroatoms. The fourth-order valence-corrected chi connectivity index (χ4v) is 1.66. The molecule has 2 N–H and O–H groups in total. The van der Waals surface area contributed by atoms with E-state index >= 15 is 0 Å². The third kappa shape index (κ3) is 6.13. The maximum Gasteiger partial charge on any atom is 0.329 e. The van der Waals surface area contributed by atoms with E-state index in [1.165, 1.54) is 7.11 Å². The number of carboxylic acid groups (broad SMARTS) is 1. The summed E-state index contributed by atoms with van der Waals surface area (Å²) in [7, 11) is 3.08. The number of carbonyl (C=O) groups excluding carboxylic acids is 1. The SMILES string of the molecule is COc1ccc(CC(=O)NCCOCC(=O)O)c(OC)c1. The third-order valence-electron chi connectivity index (χ3n) is 2.64. The standard InChI is InChI=1S/C14H19NO6/c1-19-11-4-3-10(12(8-11)20-2)7-13(16)15-5-6-21-9-14(17)18/h3-4,8H,5-7,9H2,1-2H3,(H,15,16)(H,17,18). The van der Waals surface area contributed by atoms with Crippen LogP contribution in [0.25, 0.3) is 0 Å². The van der Waals surface area contributed by atoms with Gasteiger partial charge in [-0.05, 0) is 6.07 Å². The molecule has 0 aromatic heterocycles. The van der Waals surface area contributed by atoms with Gasteiger partial charge in [-0.3, -0.25) is 4.79 Å². The molecule has 0 bridgehead atoms. The van der Waals surface area contributed by atoms with Crippen molar-refractivity contribution < 1.29 is 28.9 Å². The van der Waals surface area contributed by atoms with Crippen LogP contribution in [-0.2, 0) is 20.7 Å². The lowest BCUT2D eigenvalue weighted by molar-refractivity contribution is -0.142. The molecule has 1 amide bonds. The summed E-state index contributed by atoms with van der Waals surface area (Å²) < 4.78 is 15.1. The molecule has 0 unspecified atom stereocenters. The molecule has 7 nitrogen and oxygen atoms in total. The smallest absolute Gasteiger partial charge is 0.329 e. The topological polar surface area (TPSA) is 94.1 Å². The minimum absolute atomic E-state index is 0.151. The van der Waals surface area contributed by atoms with Gasteiger partial charge in [0.2, 0.25) is 5.91 Å². The van der Waals surface area contributed by atoms with E-state index < -0.39 is 5.97 Å². The molecule has 0 saturated heterocycles. The van der Waals surface area contributed by atoms with E-state index in [0.29, 0.717) is 11.5 Å².